The van der Waals surface area contributed by atoms with Crippen LogP contribution >= 0.6 is 0 Å². The fraction of sp³-hybridized carbons (Fsp3) is 0.278. The maximum atomic E-state index is 13.0. The van der Waals surface area contributed by atoms with Crippen molar-refractivity contribution < 1.29 is 40.6 Å². The zero-order chi connectivity index (χ0) is 23.4. The third-order valence-electron chi connectivity index (χ3n) is 4.17. The first kappa shape index (κ1) is 24.2. The molecule has 0 spiro atoms. The minimum atomic E-state index is -4.37. The molecule has 2 aromatic rings. The summed E-state index contributed by atoms with van der Waals surface area (Å²) in [6.07, 6.45) is 0. The smallest absolute Gasteiger partial charge is 0.340 e. The second kappa shape index (κ2) is 9.41. The van der Waals surface area contributed by atoms with E-state index < -0.39 is 26.0 Å². The van der Waals surface area contributed by atoms with E-state index in [1.165, 1.54) is 52.6 Å². The van der Waals surface area contributed by atoms with E-state index in [1.807, 2.05) is 0 Å². The average molecular weight is 475 g/mol. The van der Waals surface area contributed by atoms with E-state index in [4.69, 9.17) is 18.9 Å². The molecule has 13 heteroatoms. The summed E-state index contributed by atoms with van der Waals surface area (Å²) in [5.41, 5.74) is -0.478. The summed E-state index contributed by atoms with van der Waals surface area (Å²) < 4.78 is 75.0. The van der Waals surface area contributed by atoms with Crippen molar-refractivity contribution in [3.8, 4) is 17.2 Å². The second-order valence-electron chi connectivity index (χ2n) is 5.85. The first-order valence-corrected chi connectivity index (χ1v) is 11.5. The van der Waals surface area contributed by atoms with Gasteiger partial charge in [0.25, 0.3) is 10.0 Å². The minimum absolute atomic E-state index is 0.0295. The fourth-order valence-electron chi connectivity index (χ4n) is 2.65. The van der Waals surface area contributed by atoms with Gasteiger partial charge in [-0.3, -0.25) is 4.72 Å². The monoisotopic (exact) mass is 474 g/mol. The zero-order valence-electron chi connectivity index (χ0n) is 17.4. The molecule has 0 unspecified atom stereocenters. The number of esters is 1. The van der Waals surface area contributed by atoms with Gasteiger partial charge in [0.2, 0.25) is 15.8 Å². The number of anilines is 1. The second-order valence-corrected chi connectivity index (χ2v) is 9.42. The number of benzene rings is 2. The normalized spacial score (nSPS) is 11.5. The van der Waals surface area contributed by atoms with Crippen LogP contribution in [-0.2, 0) is 24.8 Å². The lowest BCUT2D eigenvalue weighted by Crippen LogP contribution is -2.20. The lowest BCUT2D eigenvalue weighted by molar-refractivity contribution is 0.0601. The number of sulfonamides is 2. The number of methoxy groups -OCH3 is 4. The van der Waals surface area contributed by atoms with E-state index in [2.05, 4.69) is 9.44 Å². The van der Waals surface area contributed by atoms with Gasteiger partial charge in [0, 0.05) is 6.07 Å². The Morgan fingerprint density at radius 1 is 0.839 bits per heavy atom. The van der Waals surface area contributed by atoms with Crippen LogP contribution in [0.5, 0.6) is 17.2 Å². The maximum Gasteiger partial charge on any atom is 0.340 e. The molecule has 170 valence electrons. The van der Waals surface area contributed by atoms with E-state index in [0.717, 1.165) is 13.2 Å². The molecule has 0 atom stereocenters. The van der Waals surface area contributed by atoms with Gasteiger partial charge < -0.3 is 18.9 Å². The Hall–Kier alpha value is -3.03. The number of ether oxygens (including phenoxy) is 4. The highest BCUT2D eigenvalue weighted by Gasteiger charge is 2.29. The number of rotatable bonds is 9. The molecule has 2 rings (SSSR count). The highest BCUT2D eigenvalue weighted by atomic mass is 32.2. The fourth-order valence-corrected chi connectivity index (χ4v) is 4.63. The summed E-state index contributed by atoms with van der Waals surface area (Å²) in [5.74, 6) is -0.875. The molecule has 0 bridgehead atoms. The van der Waals surface area contributed by atoms with Gasteiger partial charge >= 0.3 is 5.97 Å². The van der Waals surface area contributed by atoms with Crippen LogP contribution in [-0.4, -0.2) is 58.3 Å². The Bertz CT molecular complexity index is 1190. The summed E-state index contributed by atoms with van der Waals surface area (Å²) in [5, 5.41) is 0. The molecule has 0 saturated carbocycles. The summed E-state index contributed by atoms with van der Waals surface area (Å²) in [7, 11) is -2.06. The van der Waals surface area contributed by atoms with Gasteiger partial charge in [-0.25, -0.2) is 26.4 Å². The molecule has 0 fully saturated rings. The molecule has 0 radical (unpaired) electrons. The van der Waals surface area contributed by atoms with E-state index in [9.17, 15) is 21.6 Å². The molecular weight excluding hydrogens is 452 g/mol. The number of hydrogen-bond donors (Lipinski definition) is 2. The molecule has 31 heavy (non-hydrogen) atoms. The van der Waals surface area contributed by atoms with Crippen molar-refractivity contribution in [1.82, 2.24) is 4.72 Å². The van der Waals surface area contributed by atoms with Crippen LogP contribution < -0.4 is 23.7 Å². The molecule has 0 aromatic heterocycles. The molecule has 0 heterocycles. The topological polar surface area (TPSA) is 146 Å². The van der Waals surface area contributed by atoms with Crippen molar-refractivity contribution in [2.45, 2.75) is 9.79 Å². The lowest BCUT2D eigenvalue weighted by atomic mass is 10.1. The van der Waals surface area contributed by atoms with Gasteiger partial charge in [0.15, 0.2) is 11.5 Å². The van der Waals surface area contributed by atoms with E-state index >= 15 is 0 Å². The zero-order valence-corrected chi connectivity index (χ0v) is 19.0. The van der Waals surface area contributed by atoms with Crippen molar-refractivity contribution >= 4 is 31.7 Å². The minimum Gasteiger partial charge on any atom is -0.493 e. The summed E-state index contributed by atoms with van der Waals surface area (Å²) >= 11 is 0. The Balaban J connectivity index is 2.72. The quantitative estimate of drug-likeness (QED) is 0.512. The molecule has 11 nitrogen and oxygen atoms in total. The highest BCUT2D eigenvalue weighted by molar-refractivity contribution is 7.93. The molecule has 0 aliphatic carbocycles. The van der Waals surface area contributed by atoms with Gasteiger partial charge in [-0.05, 0) is 25.2 Å². The van der Waals surface area contributed by atoms with Crippen molar-refractivity contribution in [1.29, 1.82) is 0 Å². The number of carbonyl (C=O) groups is 1. The molecule has 0 amide bonds. The number of hydrogen-bond acceptors (Lipinski definition) is 9. The van der Waals surface area contributed by atoms with Crippen LogP contribution in [0.4, 0.5) is 5.69 Å². The average Bonchev–Trinajstić information content (AvgIpc) is 2.77. The van der Waals surface area contributed by atoms with Gasteiger partial charge in [-0.2, -0.15) is 0 Å². The van der Waals surface area contributed by atoms with Crippen LogP contribution in [0.1, 0.15) is 10.4 Å². The van der Waals surface area contributed by atoms with Crippen LogP contribution in [0.25, 0.3) is 0 Å². The third kappa shape index (κ3) is 4.84. The van der Waals surface area contributed by atoms with E-state index in [-0.39, 0.29) is 38.3 Å². The van der Waals surface area contributed by atoms with Crippen molar-refractivity contribution in [3.63, 3.8) is 0 Å². The summed E-state index contributed by atoms with van der Waals surface area (Å²) in [6.45, 7) is 0. The predicted octanol–water partition coefficient (Wildman–Crippen LogP) is 1.21. The summed E-state index contributed by atoms with van der Waals surface area (Å²) in [6, 6.07) is 5.90. The standard InChI is InChI=1S/C18H22N2O9S2/c1-19-30(22,23)11-7-6-8-12(9-11)31(24,25)20-15-13(18(21)29-5)10-14(26-2)16(27-3)17(15)28-4/h6-10,19-20H,1-5H3. The lowest BCUT2D eigenvalue weighted by Gasteiger charge is -2.19. The van der Waals surface area contributed by atoms with Crippen LogP contribution in [0.2, 0.25) is 0 Å². The molecule has 2 N–H and O–H groups in total. The van der Waals surface area contributed by atoms with Crippen LogP contribution in [0, 0.1) is 0 Å². The Morgan fingerprint density at radius 3 is 1.90 bits per heavy atom. The summed E-state index contributed by atoms with van der Waals surface area (Å²) in [4.78, 5) is 11.7. The van der Waals surface area contributed by atoms with Crippen LogP contribution in [0.3, 0.4) is 0 Å². The number of carbonyl (C=O) groups excluding carboxylic acids is 1. The molecule has 0 saturated heterocycles. The SMILES string of the molecule is CNS(=O)(=O)c1cccc(S(=O)(=O)Nc2c(C(=O)OC)cc(OC)c(OC)c2OC)c1. The molecule has 2 aromatic carbocycles. The van der Waals surface area contributed by atoms with Gasteiger partial charge in [0.05, 0.1) is 43.8 Å². The molecular formula is C18H22N2O9S2. The molecule has 0 aliphatic rings. The van der Waals surface area contributed by atoms with E-state index in [1.54, 1.807) is 0 Å². The number of nitrogens with one attached hydrogen (secondary N) is 2. The Labute approximate surface area is 180 Å². The van der Waals surface area contributed by atoms with Crippen molar-refractivity contribution in [2.75, 3.05) is 40.2 Å². The largest absolute Gasteiger partial charge is 0.493 e. The predicted molar refractivity (Wildman–Crippen MR) is 111 cm³/mol. The first-order chi connectivity index (χ1) is 14.6. The van der Waals surface area contributed by atoms with Gasteiger partial charge in [-0.1, -0.05) is 6.07 Å². The Morgan fingerprint density at radius 2 is 1.42 bits per heavy atom. The van der Waals surface area contributed by atoms with Gasteiger partial charge in [-0.15, -0.1) is 0 Å². The van der Waals surface area contributed by atoms with Crippen LogP contribution in [0.15, 0.2) is 40.1 Å². The van der Waals surface area contributed by atoms with Crippen molar-refractivity contribution in [3.05, 3.63) is 35.9 Å². The maximum absolute atomic E-state index is 13.0. The third-order valence-corrected chi connectivity index (χ3v) is 6.93. The highest BCUT2D eigenvalue weighted by Crippen LogP contribution is 2.46. The van der Waals surface area contributed by atoms with Crippen molar-refractivity contribution in [2.24, 2.45) is 0 Å². The van der Waals surface area contributed by atoms with E-state index in [0.29, 0.717) is 0 Å². The van der Waals surface area contributed by atoms with Gasteiger partial charge in [0.1, 0.15) is 5.69 Å². The Kier molecular flexibility index (Phi) is 7.36. The molecule has 0 aliphatic heterocycles. The first-order valence-electron chi connectivity index (χ1n) is 8.54.